The molecule has 0 saturated carbocycles. The summed E-state index contributed by atoms with van der Waals surface area (Å²) in [6, 6.07) is 7.35. The van der Waals surface area contributed by atoms with Gasteiger partial charge in [0.1, 0.15) is 5.56 Å². The van der Waals surface area contributed by atoms with Crippen LogP contribution in [0.15, 0.2) is 35.2 Å². The average molecular weight is 418 g/mol. The lowest BCUT2D eigenvalue weighted by Crippen LogP contribution is -2.33. The molecule has 1 unspecified atom stereocenters. The molecule has 1 aliphatic heterocycles. The molecule has 3 rings (SSSR count). The van der Waals surface area contributed by atoms with Crippen molar-refractivity contribution in [1.82, 2.24) is 0 Å². The molecule has 0 saturated heterocycles. The van der Waals surface area contributed by atoms with E-state index in [9.17, 15) is 23.1 Å². The van der Waals surface area contributed by atoms with E-state index in [2.05, 4.69) is 9.46 Å². The Balaban J connectivity index is 1.99. The van der Waals surface area contributed by atoms with Crippen molar-refractivity contribution in [3.63, 3.8) is 0 Å². The molecule has 2 aromatic carbocycles. The Morgan fingerprint density at radius 1 is 1.24 bits per heavy atom. The Hall–Kier alpha value is -3.07. The first-order valence-electron chi connectivity index (χ1n) is 8.93. The lowest BCUT2D eigenvalue weighted by atomic mass is 10.1. The number of esters is 1. The number of carbonyl (C=O) groups excluding carboxylic acids is 2. The highest BCUT2D eigenvalue weighted by molar-refractivity contribution is 7.92. The van der Waals surface area contributed by atoms with Crippen LogP contribution in [-0.4, -0.2) is 38.6 Å². The summed E-state index contributed by atoms with van der Waals surface area (Å²) in [6.07, 6.45) is 0.542. The Kier molecular flexibility index (Phi) is 5.27. The summed E-state index contributed by atoms with van der Waals surface area (Å²) in [6.45, 7) is 4.97. The number of rotatable bonds is 4. The highest BCUT2D eigenvalue weighted by Gasteiger charge is 2.30. The molecule has 0 aliphatic carbocycles. The van der Waals surface area contributed by atoms with Crippen LogP contribution < -0.4 is 9.62 Å². The van der Waals surface area contributed by atoms with Crippen LogP contribution in [0.2, 0.25) is 0 Å². The third-order valence-corrected chi connectivity index (χ3v) is 6.29. The van der Waals surface area contributed by atoms with Crippen LogP contribution in [0, 0.1) is 6.92 Å². The maximum atomic E-state index is 12.9. The van der Waals surface area contributed by atoms with Gasteiger partial charge in [0, 0.05) is 18.7 Å². The third kappa shape index (κ3) is 3.65. The first-order valence-corrected chi connectivity index (χ1v) is 10.4. The van der Waals surface area contributed by atoms with E-state index in [4.69, 9.17) is 0 Å². The van der Waals surface area contributed by atoms with Gasteiger partial charge in [0.25, 0.3) is 10.0 Å². The zero-order valence-corrected chi connectivity index (χ0v) is 17.3. The normalized spacial score (nSPS) is 15.7. The van der Waals surface area contributed by atoms with E-state index in [0.717, 1.165) is 5.56 Å². The van der Waals surface area contributed by atoms with Crippen LogP contribution in [0.1, 0.15) is 35.3 Å². The summed E-state index contributed by atoms with van der Waals surface area (Å²) in [5.74, 6) is -1.39. The predicted molar refractivity (Wildman–Crippen MR) is 108 cm³/mol. The lowest BCUT2D eigenvalue weighted by molar-refractivity contribution is -0.116. The molecule has 1 heterocycles. The topological polar surface area (TPSA) is 113 Å². The van der Waals surface area contributed by atoms with Crippen molar-refractivity contribution in [1.29, 1.82) is 0 Å². The molecule has 2 N–H and O–H groups in total. The number of anilines is 2. The maximum absolute atomic E-state index is 12.9. The van der Waals surface area contributed by atoms with Gasteiger partial charge in [0.15, 0.2) is 5.75 Å². The second-order valence-electron chi connectivity index (χ2n) is 6.98. The summed E-state index contributed by atoms with van der Waals surface area (Å²) in [4.78, 5) is 25.3. The molecule has 0 spiro atoms. The number of ether oxygens (including phenoxy) is 1. The van der Waals surface area contributed by atoms with Crippen molar-refractivity contribution in [2.24, 2.45) is 0 Å². The molecule has 0 aromatic heterocycles. The lowest BCUT2D eigenvalue weighted by Gasteiger charge is -2.20. The van der Waals surface area contributed by atoms with Gasteiger partial charge < -0.3 is 14.7 Å². The highest BCUT2D eigenvalue weighted by atomic mass is 32.2. The van der Waals surface area contributed by atoms with Crippen LogP contribution in [0.3, 0.4) is 0 Å². The van der Waals surface area contributed by atoms with Crippen LogP contribution in [-0.2, 0) is 26.0 Å². The number of hydrogen-bond acceptors (Lipinski definition) is 6. The first kappa shape index (κ1) is 20.7. The largest absolute Gasteiger partial charge is 0.505 e. The van der Waals surface area contributed by atoms with Gasteiger partial charge >= 0.3 is 5.97 Å². The van der Waals surface area contributed by atoms with Crippen LogP contribution in [0.5, 0.6) is 5.75 Å². The van der Waals surface area contributed by atoms with Gasteiger partial charge in [-0.2, -0.15) is 0 Å². The maximum Gasteiger partial charge on any atom is 0.341 e. The first-order chi connectivity index (χ1) is 13.6. The molecule has 29 heavy (non-hydrogen) atoms. The van der Waals surface area contributed by atoms with Gasteiger partial charge in [-0.25, -0.2) is 13.2 Å². The summed E-state index contributed by atoms with van der Waals surface area (Å²) < 4.78 is 32.8. The molecule has 1 atom stereocenters. The van der Waals surface area contributed by atoms with Gasteiger partial charge in [-0.05, 0) is 55.7 Å². The number of nitrogens with zero attached hydrogens (tertiary/aromatic N) is 1. The fourth-order valence-electron chi connectivity index (χ4n) is 3.54. The number of aromatic hydroxyl groups is 1. The molecule has 1 amide bonds. The van der Waals surface area contributed by atoms with Crippen molar-refractivity contribution in [2.45, 2.75) is 38.1 Å². The van der Waals surface area contributed by atoms with Crippen molar-refractivity contribution >= 4 is 33.3 Å². The Labute approximate surface area is 169 Å². The SMILES string of the molecule is COC(=O)c1ccc(C)c(NS(=O)(=O)c2ccc3c(c2)CC(C)N3C(C)=O)c1O. The number of sulfonamides is 1. The van der Waals surface area contributed by atoms with E-state index in [0.29, 0.717) is 17.7 Å². The van der Waals surface area contributed by atoms with Gasteiger partial charge in [0.05, 0.1) is 17.7 Å². The molecule has 8 nitrogen and oxygen atoms in total. The van der Waals surface area contributed by atoms with E-state index in [1.807, 2.05) is 6.92 Å². The summed E-state index contributed by atoms with van der Waals surface area (Å²) in [5, 5.41) is 10.4. The molecule has 1 aliphatic rings. The monoisotopic (exact) mass is 418 g/mol. The Bertz CT molecular complexity index is 1110. The van der Waals surface area contributed by atoms with Gasteiger partial charge in [-0.1, -0.05) is 6.07 Å². The molecule has 0 radical (unpaired) electrons. The minimum Gasteiger partial charge on any atom is -0.505 e. The van der Waals surface area contributed by atoms with E-state index in [-0.39, 0.29) is 28.1 Å². The number of phenols is 1. The van der Waals surface area contributed by atoms with Crippen molar-refractivity contribution in [3.8, 4) is 5.75 Å². The zero-order valence-electron chi connectivity index (χ0n) is 16.5. The minimum absolute atomic E-state index is 0.00359. The van der Waals surface area contributed by atoms with E-state index < -0.39 is 21.7 Å². The van der Waals surface area contributed by atoms with Crippen LogP contribution in [0.4, 0.5) is 11.4 Å². The number of hydrogen-bond donors (Lipinski definition) is 2. The second kappa shape index (κ2) is 7.40. The third-order valence-electron chi connectivity index (χ3n) is 4.94. The van der Waals surface area contributed by atoms with Crippen molar-refractivity contribution < 1.29 is 27.9 Å². The zero-order chi connectivity index (χ0) is 21.5. The predicted octanol–water partition coefficient (Wildman–Crippen LogP) is 2.59. The van der Waals surface area contributed by atoms with Crippen molar-refractivity contribution in [3.05, 3.63) is 47.0 Å². The fourth-order valence-corrected chi connectivity index (χ4v) is 4.73. The number of amides is 1. The van der Waals surface area contributed by atoms with Crippen molar-refractivity contribution in [2.75, 3.05) is 16.7 Å². The second-order valence-corrected chi connectivity index (χ2v) is 8.67. The quantitative estimate of drug-likeness (QED) is 0.583. The molecule has 2 aromatic rings. The highest BCUT2D eigenvalue weighted by Crippen LogP contribution is 2.36. The number of phenolic OH excluding ortho intramolecular Hbond substituents is 1. The van der Waals surface area contributed by atoms with Gasteiger partial charge in [-0.3, -0.25) is 9.52 Å². The molecule has 154 valence electrons. The van der Waals surface area contributed by atoms with Crippen LogP contribution >= 0.6 is 0 Å². The molecule has 0 fully saturated rings. The average Bonchev–Trinajstić information content (AvgIpc) is 2.99. The van der Waals surface area contributed by atoms with Gasteiger partial charge in [-0.15, -0.1) is 0 Å². The summed E-state index contributed by atoms with van der Waals surface area (Å²) in [7, 11) is -2.88. The summed E-state index contributed by atoms with van der Waals surface area (Å²) >= 11 is 0. The standard InChI is InChI=1S/C20H22N2O6S/c1-11-5-7-16(20(25)28-4)19(24)18(11)21-29(26,27)15-6-8-17-14(10-15)9-12(2)22(17)13(3)23/h5-8,10,12,21,24H,9H2,1-4H3. The number of methoxy groups -OCH3 is 1. The molecular formula is C20H22N2O6S. The van der Waals surface area contributed by atoms with E-state index in [1.165, 1.54) is 38.3 Å². The molecular weight excluding hydrogens is 396 g/mol. The minimum atomic E-state index is -4.05. The summed E-state index contributed by atoms with van der Waals surface area (Å²) in [5.41, 5.74) is 1.65. The fraction of sp³-hybridized carbons (Fsp3) is 0.300. The number of fused-ring (bicyclic) bond motifs is 1. The number of nitrogens with one attached hydrogen (secondary N) is 1. The van der Waals surface area contributed by atoms with Gasteiger partial charge in [0.2, 0.25) is 5.91 Å². The van der Waals surface area contributed by atoms with E-state index >= 15 is 0 Å². The number of carbonyl (C=O) groups is 2. The number of benzene rings is 2. The number of aryl methyl sites for hydroxylation is 1. The Morgan fingerprint density at radius 3 is 2.55 bits per heavy atom. The smallest absolute Gasteiger partial charge is 0.341 e. The Morgan fingerprint density at radius 2 is 1.93 bits per heavy atom. The van der Waals surface area contributed by atoms with E-state index in [1.54, 1.807) is 17.9 Å². The molecule has 0 bridgehead atoms. The molecule has 9 heteroatoms. The van der Waals surface area contributed by atoms with Crippen LogP contribution in [0.25, 0.3) is 0 Å².